The van der Waals surface area contributed by atoms with E-state index in [1.807, 2.05) is 0 Å². The van der Waals surface area contributed by atoms with Gasteiger partial charge in [-0.2, -0.15) is 4.31 Å². The molecule has 0 atom stereocenters. The smallest absolute Gasteiger partial charge is 0.338 e. The topological polar surface area (TPSA) is 84.0 Å². The number of amides is 1. The van der Waals surface area contributed by atoms with Crippen LogP contribution in [0.1, 0.15) is 48.9 Å². The van der Waals surface area contributed by atoms with Crippen molar-refractivity contribution in [2.24, 2.45) is 0 Å². The van der Waals surface area contributed by atoms with Crippen LogP contribution in [0.15, 0.2) is 29.2 Å². The van der Waals surface area contributed by atoms with Gasteiger partial charge in [-0.1, -0.05) is 18.9 Å². The van der Waals surface area contributed by atoms with Crippen LogP contribution in [0.4, 0.5) is 0 Å². The Hall–Kier alpha value is -1.93. The third-order valence-corrected chi connectivity index (χ3v) is 6.95. The van der Waals surface area contributed by atoms with E-state index in [1.54, 1.807) is 4.90 Å². The van der Waals surface area contributed by atoms with Crippen LogP contribution in [-0.2, 0) is 19.6 Å². The number of rotatable bonds is 5. The average Bonchev–Trinajstić information content (AvgIpc) is 3.10. The van der Waals surface area contributed by atoms with Crippen LogP contribution in [0.2, 0.25) is 0 Å². The van der Waals surface area contributed by atoms with E-state index in [0.717, 1.165) is 38.5 Å². The molecule has 2 heterocycles. The Bertz CT molecular complexity index is 779. The first-order valence-electron chi connectivity index (χ1n) is 9.53. The van der Waals surface area contributed by atoms with Crippen molar-refractivity contribution in [3.63, 3.8) is 0 Å². The van der Waals surface area contributed by atoms with Gasteiger partial charge in [0.15, 0.2) is 6.61 Å². The summed E-state index contributed by atoms with van der Waals surface area (Å²) in [6, 6.07) is 5.83. The molecule has 1 aromatic rings. The van der Waals surface area contributed by atoms with Crippen molar-refractivity contribution in [3.05, 3.63) is 29.8 Å². The van der Waals surface area contributed by atoms with Crippen LogP contribution in [0, 0.1) is 0 Å². The molecule has 148 valence electrons. The summed E-state index contributed by atoms with van der Waals surface area (Å²) >= 11 is 0. The zero-order chi connectivity index (χ0) is 19.3. The molecule has 0 saturated carbocycles. The van der Waals surface area contributed by atoms with Crippen molar-refractivity contribution in [1.82, 2.24) is 9.21 Å². The first-order chi connectivity index (χ1) is 13.0. The van der Waals surface area contributed by atoms with Crippen LogP contribution in [0.5, 0.6) is 0 Å². The SMILES string of the molecule is O=C(OCC(=O)N1CCCCCC1)c1cccc(S(=O)(=O)N2CCCC2)c1. The van der Waals surface area contributed by atoms with E-state index in [2.05, 4.69) is 0 Å². The van der Waals surface area contributed by atoms with Gasteiger partial charge >= 0.3 is 5.97 Å². The number of nitrogens with zero attached hydrogens (tertiary/aromatic N) is 2. The van der Waals surface area contributed by atoms with Crippen LogP contribution >= 0.6 is 0 Å². The van der Waals surface area contributed by atoms with Gasteiger partial charge in [-0.05, 0) is 43.9 Å². The summed E-state index contributed by atoms with van der Waals surface area (Å²) in [4.78, 5) is 26.3. The lowest BCUT2D eigenvalue weighted by atomic mass is 10.2. The molecule has 1 amide bonds. The number of likely N-dealkylation sites (tertiary alicyclic amines) is 1. The Morgan fingerprint density at radius 1 is 0.926 bits per heavy atom. The molecule has 2 aliphatic rings. The summed E-state index contributed by atoms with van der Waals surface area (Å²) in [6.07, 6.45) is 5.86. The molecular formula is C19H26N2O5S. The molecular weight excluding hydrogens is 368 g/mol. The van der Waals surface area contributed by atoms with Crippen LogP contribution in [0.3, 0.4) is 0 Å². The van der Waals surface area contributed by atoms with Crippen molar-refractivity contribution >= 4 is 21.9 Å². The number of sulfonamides is 1. The van der Waals surface area contributed by atoms with Crippen molar-refractivity contribution in [2.45, 2.75) is 43.4 Å². The normalized spacial score (nSPS) is 18.9. The van der Waals surface area contributed by atoms with Crippen molar-refractivity contribution in [3.8, 4) is 0 Å². The van der Waals surface area contributed by atoms with Gasteiger partial charge < -0.3 is 9.64 Å². The predicted octanol–water partition coefficient (Wildman–Crippen LogP) is 2.03. The lowest BCUT2D eigenvalue weighted by Gasteiger charge is -2.20. The van der Waals surface area contributed by atoms with E-state index in [-0.39, 0.29) is 23.0 Å². The number of esters is 1. The lowest BCUT2D eigenvalue weighted by Crippen LogP contribution is -2.35. The van der Waals surface area contributed by atoms with Gasteiger partial charge in [-0.3, -0.25) is 4.79 Å². The Balaban J connectivity index is 1.62. The zero-order valence-electron chi connectivity index (χ0n) is 15.4. The Morgan fingerprint density at radius 3 is 2.22 bits per heavy atom. The fourth-order valence-electron chi connectivity index (χ4n) is 3.48. The summed E-state index contributed by atoms with van der Waals surface area (Å²) in [6.45, 7) is 2.07. The van der Waals surface area contributed by atoms with E-state index in [0.29, 0.717) is 26.2 Å². The highest BCUT2D eigenvalue weighted by Gasteiger charge is 2.28. The van der Waals surface area contributed by atoms with E-state index in [1.165, 1.54) is 28.6 Å². The molecule has 27 heavy (non-hydrogen) atoms. The summed E-state index contributed by atoms with van der Waals surface area (Å²) in [7, 11) is -3.60. The number of carbonyl (C=O) groups is 2. The fraction of sp³-hybridized carbons (Fsp3) is 0.579. The molecule has 2 aliphatic heterocycles. The standard InChI is InChI=1S/C19H26N2O5S/c22-18(20-10-3-1-2-4-11-20)15-26-19(23)16-8-7-9-17(14-16)27(24,25)21-12-5-6-13-21/h7-9,14H,1-6,10-13,15H2. The zero-order valence-corrected chi connectivity index (χ0v) is 16.2. The molecule has 0 spiro atoms. The summed E-state index contributed by atoms with van der Waals surface area (Å²) < 4.78 is 31.8. The minimum atomic E-state index is -3.60. The third kappa shape index (κ3) is 4.87. The van der Waals surface area contributed by atoms with E-state index in [9.17, 15) is 18.0 Å². The third-order valence-electron chi connectivity index (χ3n) is 5.06. The number of carbonyl (C=O) groups excluding carboxylic acids is 2. The lowest BCUT2D eigenvalue weighted by molar-refractivity contribution is -0.134. The van der Waals surface area contributed by atoms with Gasteiger partial charge in [0.2, 0.25) is 10.0 Å². The van der Waals surface area contributed by atoms with Crippen molar-refractivity contribution in [1.29, 1.82) is 0 Å². The maximum Gasteiger partial charge on any atom is 0.338 e. The maximum absolute atomic E-state index is 12.6. The molecule has 0 aliphatic carbocycles. The molecule has 2 saturated heterocycles. The predicted molar refractivity (Wildman–Crippen MR) is 99.8 cm³/mol. The summed E-state index contributed by atoms with van der Waals surface area (Å²) in [5.74, 6) is -0.886. The highest BCUT2D eigenvalue weighted by atomic mass is 32.2. The minimum absolute atomic E-state index is 0.0812. The van der Waals surface area contributed by atoms with Crippen molar-refractivity contribution in [2.75, 3.05) is 32.8 Å². The van der Waals surface area contributed by atoms with Gasteiger partial charge in [-0.25, -0.2) is 13.2 Å². The Morgan fingerprint density at radius 2 is 1.56 bits per heavy atom. The number of ether oxygens (including phenoxy) is 1. The van der Waals surface area contributed by atoms with Crippen LogP contribution < -0.4 is 0 Å². The first-order valence-corrected chi connectivity index (χ1v) is 11.0. The van der Waals surface area contributed by atoms with Crippen LogP contribution in [-0.4, -0.2) is 62.3 Å². The Kier molecular flexibility index (Phi) is 6.49. The summed E-state index contributed by atoms with van der Waals surface area (Å²) in [5, 5.41) is 0. The molecule has 8 heteroatoms. The van der Waals surface area contributed by atoms with Gasteiger partial charge in [0.25, 0.3) is 5.91 Å². The molecule has 1 aromatic carbocycles. The molecule has 0 radical (unpaired) electrons. The van der Waals surface area contributed by atoms with Gasteiger partial charge in [0.05, 0.1) is 10.5 Å². The highest BCUT2D eigenvalue weighted by molar-refractivity contribution is 7.89. The molecule has 2 fully saturated rings. The minimum Gasteiger partial charge on any atom is -0.452 e. The molecule has 0 bridgehead atoms. The quantitative estimate of drug-likeness (QED) is 0.714. The first kappa shape index (κ1) is 19.8. The van der Waals surface area contributed by atoms with E-state index < -0.39 is 16.0 Å². The molecule has 0 N–H and O–H groups in total. The van der Waals surface area contributed by atoms with Gasteiger partial charge in [-0.15, -0.1) is 0 Å². The van der Waals surface area contributed by atoms with Gasteiger partial charge in [0, 0.05) is 26.2 Å². The second-order valence-corrected chi connectivity index (χ2v) is 8.95. The molecule has 0 unspecified atom stereocenters. The number of hydrogen-bond acceptors (Lipinski definition) is 5. The maximum atomic E-state index is 12.6. The van der Waals surface area contributed by atoms with Gasteiger partial charge in [0.1, 0.15) is 0 Å². The largest absolute Gasteiger partial charge is 0.452 e. The Labute approximate surface area is 160 Å². The second-order valence-electron chi connectivity index (χ2n) is 7.01. The molecule has 0 aromatic heterocycles. The van der Waals surface area contributed by atoms with Crippen LogP contribution in [0.25, 0.3) is 0 Å². The fourth-order valence-corrected chi connectivity index (χ4v) is 5.05. The average molecular weight is 394 g/mol. The highest BCUT2D eigenvalue weighted by Crippen LogP contribution is 2.22. The van der Waals surface area contributed by atoms with E-state index >= 15 is 0 Å². The molecule has 3 rings (SSSR count). The van der Waals surface area contributed by atoms with E-state index in [4.69, 9.17) is 4.74 Å². The summed E-state index contributed by atoms with van der Waals surface area (Å²) in [5.41, 5.74) is 0.138. The van der Waals surface area contributed by atoms with Crippen molar-refractivity contribution < 1.29 is 22.7 Å². The number of hydrogen-bond donors (Lipinski definition) is 0. The molecule has 7 nitrogen and oxygen atoms in total. The monoisotopic (exact) mass is 394 g/mol. The number of benzene rings is 1. The second kappa shape index (κ2) is 8.84.